The molecule has 0 unspecified atom stereocenters. The Hall–Kier alpha value is -1.10. The molecule has 1 rings (SSSR count). The third kappa shape index (κ3) is 4.18. The average Bonchev–Trinajstić information content (AvgIpc) is 2.16. The lowest BCUT2D eigenvalue weighted by molar-refractivity contribution is -0.138. The van der Waals surface area contributed by atoms with Crippen molar-refractivity contribution in [3.8, 4) is 0 Å². The Morgan fingerprint density at radius 1 is 1.44 bits per heavy atom. The Morgan fingerprint density at radius 2 is 2.12 bits per heavy atom. The lowest BCUT2D eigenvalue weighted by Crippen LogP contribution is -2.53. The van der Waals surface area contributed by atoms with Crippen molar-refractivity contribution in [2.45, 2.75) is 51.1 Å². The van der Waals surface area contributed by atoms with Crippen molar-refractivity contribution in [3.05, 3.63) is 0 Å². The van der Waals surface area contributed by atoms with Gasteiger partial charge >= 0.3 is 5.97 Å². The van der Waals surface area contributed by atoms with Crippen molar-refractivity contribution in [2.75, 3.05) is 6.54 Å². The summed E-state index contributed by atoms with van der Waals surface area (Å²) in [6.07, 6.45) is 2.91. The normalized spacial score (nSPS) is 21.5. The minimum atomic E-state index is -0.901. The molecule has 1 aliphatic heterocycles. The number of nitrogens with one attached hydrogen (secondary N) is 2. The number of rotatable bonds is 4. The predicted molar refractivity (Wildman–Crippen MR) is 60.1 cm³/mol. The zero-order valence-electron chi connectivity index (χ0n) is 9.88. The highest BCUT2D eigenvalue weighted by Gasteiger charge is 2.28. The maximum Gasteiger partial charge on any atom is 0.305 e. The molecule has 0 aromatic carbocycles. The molecule has 1 atom stereocenters. The van der Waals surface area contributed by atoms with E-state index in [1.165, 1.54) is 0 Å². The van der Waals surface area contributed by atoms with Crippen LogP contribution in [0.1, 0.15) is 39.5 Å². The number of hydrogen-bond acceptors (Lipinski definition) is 3. The number of hydrogen-bond donors (Lipinski definition) is 3. The maximum atomic E-state index is 11.8. The first-order valence-corrected chi connectivity index (χ1v) is 5.68. The van der Waals surface area contributed by atoms with E-state index < -0.39 is 11.5 Å². The number of carbonyl (C=O) groups excluding carboxylic acids is 1. The van der Waals surface area contributed by atoms with Crippen LogP contribution in [-0.4, -0.2) is 35.1 Å². The Labute approximate surface area is 95.6 Å². The number of carbonyl (C=O) groups is 2. The lowest BCUT2D eigenvalue weighted by atomic mass is 9.98. The van der Waals surface area contributed by atoms with Gasteiger partial charge in [-0.1, -0.05) is 6.42 Å². The Bertz CT molecular complexity index is 270. The molecule has 92 valence electrons. The monoisotopic (exact) mass is 228 g/mol. The van der Waals surface area contributed by atoms with E-state index in [2.05, 4.69) is 10.6 Å². The van der Waals surface area contributed by atoms with E-state index in [0.29, 0.717) is 0 Å². The number of carboxylic acid groups (broad SMARTS) is 1. The molecule has 0 aromatic heterocycles. The van der Waals surface area contributed by atoms with Gasteiger partial charge in [-0.05, 0) is 33.2 Å². The fourth-order valence-electron chi connectivity index (χ4n) is 1.92. The second-order valence-electron chi connectivity index (χ2n) is 4.95. The Kier molecular flexibility index (Phi) is 4.29. The van der Waals surface area contributed by atoms with Crippen molar-refractivity contribution in [1.82, 2.24) is 10.6 Å². The SMILES string of the molecule is CC(C)(CC(=O)O)NC(=O)[C@@H]1CCCCN1. The van der Waals surface area contributed by atoms with Gasteiger partial charge < -0.3 is 15.7 Å². The summed E-state index contributed by atoms with van der Waals surface area (Å²) in [5, 5.41) is 14.6. The lowest BCUT2D eigenvalue weighted by Gasteiger charge is -2.29. The predicted octanol–water partition coefficient (Wildman–Crippen LogP) is 0.498. The second kappa shape index (κ2) is 5.30. The maximum absolute atomic E-state index is 11.8. The fraction of sp³-hybridized carbons (Fsp3) is 0.818. The van der Waals surface area contributed by atoms with Gasteiger partial charge in [-0.25, -0.2) is 0 Å². The summed E-state index contributed by atoms with van der Waals surface area (Å²) in [4.78, 5) is 22.4. The number of amides is 1. The molecule has 5 heteroatoms. The molecule has 0 aliphatic carbocycles. The van der Waals surface area contributed by atoms with Gasteiger partial charge in [0.25, 0.3) is 0 Å². The average molecular weight is 228 g/mol. The highest BCUT2D eigenvalue weighted by atomic mass is 16.4. The Balaban J connectivity index is 2.45. The molecule has 1 amide bonds. The molecule has 0 spiro atoms. The highest BCUT2D eigenvalue weighted by molar-refractivity contribution is 5.83. The minimum absolute atomic E-state index is 0.0640. The van der Waals surface area contributed by atoms with Crippen molar-refractivity contribution >= 4 is 11.9 Å². The molecule has 0 aromatic rings. The molecule has 0 bridgehead atoms. The van der Waals surface area contributed by atoms with Gasteiger partial charge in [-0.15, -0.1) is 0 Å². The van der Waals surface area contributed by atoms with Crippen molar-refractivity contribution in [3.63, 3.8) is 0 Å². The van der Waals surface area contributed by atoms with E-state index in [0.717, 1.165) is 25.8 Å². The minimum Gasteiger partial charge on any atom is -0.481 e. The molecule has 5 nitrogen and oxygen atoms in total. The van der Waals surface area contributed by atoms with Gasteiger partial charge in [-0.3, -0.25) is 9.59 Å². The van der Waals surface area contributed by atoms with Crippen molar-refractivity contribution in [2.24, 2.45) is 0 Å². The first-order valence-electron chi connectivity index (χ1n) is 5.68. The van der Waals surface area contributed by atoms with Crippen LogP contribution in [0.2, 0.25) is 0 Å². The molecule has 0 saturated carbocycles. The third-order valence-corrected chi connectivity index (χ3v) is 2.68. The third-order valence-electron chi connectivity index (χ3n) is 2.68. The quantitative estimate of drug-likeness (QED) is 0.654. The van der Waals surface area contributed by atoms with E-state index >= 15 is 0 Å². The standard InChI is InChI=1S/C11H20N2O3/c1-11(2,7-9(14)15)13-10(16)8-5-3-4-6-12-8/h8,12H,3-7H2,1-2H3,(H,13,16)(H,14,15)/t8-/m0/s1. The van der Waals surface area contributed by atoms with Crippen LogP contribution in [0, 0.1) is 0 Å². The van der Waals surface area contributed by atoms with E-state index in [1.807, 2.05) is 0 Å². The first kappa shape index (κ1) is 13.0. The summed E-state index contributed by atoms with van der Waals surface area (Å²) in [7, 11) is 0. The first-order chi connectivity index (χ1) is 7.41. The van der Waals surface area contributed by atoms with Crippen LogP contribution in [0.25, 0.3) is 0 Å². The molecule has 1 fully saturated rings. The fourth-order valence-corrected chi connectivity index (χ4v) is 1.92. The van der Waals surface area contributed by atoms with Crippen molar-refractivity contribution in [1.29, 1.82) is 0 Å². The largest absolute Gasteiger partial charge is 0.481 e. The summed E-state index contributed by atoms with van der Waals surface area (Å²) < 4.78 is 0. The smallest absolute Gasteiger partial charge is 0.305 e. The summed E-state index contributed by atoms with van der Waals surface area (Å²) in [5.74, 6) is -0.993. The molecule has 1 aliphatic rings. The molecule has 0 radical (unpaired) electrons. The molecule has 16 heavy (non-hydrogen) atoms. The summed E-state index contributed by atoms with van der Waals surface area (Å²) in [6, 6.07) is -0.165. The van der Waals surface area contributed by atoms with E-state index in [4.69, 9.17) is 5.11 Å². The Morgan fingerprint density at radius 3 is 2.62 bits per heavy atom. The van der Waals surface area contributed by atoms with Crippen LogP contribution in [0.3, 0.4) is 0 Å². The van der Waals surface area contributed by atoms with Crippen LogP contribution in [0.4, 0.5) is 0 Å². The van der Waals surface area contributed by atoms with Crippen LogP contribution < -0.4 is 10.6 Å². The highest BCUT2D eigenvalue weighted by Crippen LogP contribution is 2.11. The van der Waals surface area contributed by atoms with Gasteiger partial charge in [0.05, 0.1) is 12.5 Å². The number of piperidine rings is 1. The summed E-state index contributed by atoms with van der Waals surface area (Å²) >= 11 is 0. The summed E-state index contributed by atoms with van der Waals surface area (Å²) in [5.41, 5.74) is -0.692. The van der Waals surface area contributed by atoms with Gasteiger partial charge in [0.15, 0.2) is 0 Å². The van der Waals surface area contributed by atoms with Gasteiger partial charge in [0.2, 0.25) is 5.91 Å². The summed E-state index contributed by atoms with van der Waals surface area (Å²) in [6.45, 7) is 4.31. The number of aliphatic carboxylic acids is 1. The zero-order valence-corrected chi connectivity index (χ0v) is 9.88. The molecule has 3 N–H and O–H groups in total. The topological polar surface area (TPSA) is 78.4 Å². The van der Waals surface area contributed by atoms with Gasteiger partial charge in [-0.2, -0.15) is 0 Å². The molecule has 1 heterocycles. The van der Waals surface area contributed by atoms with Gasteiger partial charge in [0.1, 0.15) is 0 Å². The zero-order chi connectivity index (χ0) is 12.2. The molecule has 1 saturated heterocycles. The van der Waals surface area contributed by atoms with E-state index in [9.17, 15) is 9.59 Å². The van der Waals surface area contributed by atoms with Crippen molar-refractivity contribution < 1.29 is 14.7 Å². The molecular weight excluding hydrogens is 208 g/mol. The van der Waals surface area contributed by atoms with Crippen LogP contribution in [0.5, 0.6) is 0 Å². The van der Waals surface area contributed by atoms with E-state index in [-0.39, 0.29) is 18.4 Å². The van der Waals surface area contributed by atoms with Gasteiger partial charge in [0, 0.05) is 5.54 Å². The molecular formula is C11H20N2O3. The van der Waals surface area contributed by atoms with Crippen LogP contribution in [-0.2, 0) is 9.59 Å². The second-order valence-corrected chi connectivity index (χ2v) is 4.95. The van der Waals surface area contributed by atoms with Crippen LogP contribution in [0.15, 0.2) is 0 Å². The van der Waals surface area contributed by atoms with E-state index in [1.54, 1.807) is 13.8 Å². The van der Waals surface area contributed by atoms with Crippen LogP contribution >= 0.6 is 0 Å². The number of carboxylic acids is 1.